The third kappa shape index (κ3) is 3.59. The van der Waals surface area contributed by atoms with Gasteiger partial charge >= 0.3 is 0 Å². The molecule has 0 saturated heterocycles. The quantitative estimate of drug-likeness (QED) is 0.689. The summed E-state index contributed by atoms with van der Waals surface area (Å²) in [6.45, 7) is 0. The van der Waals surface area contributed by atoms with Gasteiger partial charge in [-0.1, -0.05) is 12.2 Å². The number of anilines is 1. The van der Waals surface area contributed by atoms with Crippen LogP contribution in [-0.2, 0) is 10.0 Å². The first-order valence-corrected chi connectivity index (χ1v) is 9.46. The van der Waals surface area contributed by atoms with E-state index in [-0.39, 0.29) is 9.20 Å². The number of nitrogens with one attached hydrogen (secondary N) is 1. The summed E-state index contributed by atoms with van der Waals surface area (Å²) in [5.74, 6) is 0. The van der Waals surface area contributed by atoms with Gasteiger partial charge in [0.25, 0.3) is 10.0 Å². The normalized spacial score (nSPS) is 11.3. The van der Waals surface area contributed by atoms with Crippen molar-refractivity contribution in [3.8, 4) is 0 Å². The number of rotatable bonds is 4. The molecule has 0 unspecified atom stereocenters. The van der Waals surface area contributed by atoms with Crippen LogP contribution in [0.4, 0.5) is 5.69 Å². The standard InChI is InChI=1S/C11H8Br2N2O2S3/c12-7-5-6(11(14)18)1-2-8(7)15-20(16,17)10-4-3-9(13)19-10/h1-5,15H,(H2,14,18). The lowest BCUT2D eigenvalue weighted by Gasteiger charge is -2.09. The molecule has 20 heavy (non-hydrogen) atoms. The van der Waals surface area contributed by atoms with Gasteiger partial charge in [-0.15, -0.1) is 11.3 Å². The summed E-state index contributed by atoms with van der Waals surface area (Å²) >= 11 is 12.5. The van der Waals surface area contributed by atoms with Gasteiger partial charge in [0.15, 0.2) is 0 Å². The number of nitrogens with two attached hydrogens (primary N) is 1. The van der Waals surface area contributed by atoms with Crippen molar-refractivity contribution < 1.29 is 8.42 Å². The fourth-order valence-electron chi connectivity index (χ4n) is 1.39. The average Bonchev–Trinajstić information content (AvgIpc) is 2.79. The van der Waals surface area contributed by atoms with Crippen molar-refractivity contribution in [1.29, 1.82) is 0 Å². The number of benzene rings is 1. The summed E-state index contributed by atoms with van der Waals surface area (Å²) in [7, 11) is -3.60. The second-order valence-electron chi connectivity index (χ2n) is 3.72. The van der Waals surface area contributed by atoms with Crippen LogP contribution in [0.3, 0.4) is 0 Å². The predicted molar refractivity (Wildman–Crippen MR) is 92.9 cm³/mol. The van der Waals surface area contributed by atoms with E-state index in [1.165, 1.54) is 6.07 Å². The number of halogens is 2. The van der Waals surface area contributed by atoms with Crippen LogP contribution in [0.2, 0.25) is 0 Å². The molecule has 1 aromatic carbocycles. The van der Waals surface area contributed by atoms with E-state index in [0.29, 0.717) is 15.7 Å². The highest BCUT2D eigenvalue weighted by Crippen LogP contribution is 2.30. The molecule has 0 spiro atoms. The number of thiophene rings is 1. The molecule has 0 aliphatic carbocycles. The number of hydrogen-bond donors (Lipinski definition) is 2. The highest BCUT2D eigenvalue weighted by atomic mass is 79.9. The van der Waals surface area contributed by atoms with Crippen LogP contribution in [-0.4, -0.2) is 13.4 Å². The molecule has 0 bridgehead atoms. The Hall–Kier alpha value is -0.480. The average molecular weight is 456 g/mol. The van der Waals surface area contributed by atoms with Crippen molar-refractivity contribution in [2.45, 2.75) is 4.21 Å². The maximum atomic E-state index is 12.2. The van der Waals surface area contributed by atoms with Crippen LogP contribution in [0.15, 0.2) is 42.8 Å². The van der Waals surface area contributed by atoms with E-state index in [1.807, 2.05) is 0 Å². The summed E-state index contributed by atoms with van der Waals surface area (Å²) in [5, 5.41) is 0. The van der Waals surface area contributed by atoms with Gasteiger partial charge in [0.1, 0.15) is 9.20 Å². The van der Waals surface area contributed by atoms with Gasteiger partial charge in [0.05, 0.1) is 9.47 Å². The lowest BCUT2D eigenvalue weighted by atomic mass is 10.2. The summed E-state index contributed by atoms with van der Waals surface area (Å²) < 4.78 is 28.5. The van der Waals surface area contributed by atoms with Gasteiger partial charge in [-0.05, 0) is 62.2 Å². The van der Waals surface area contributed by atoms with Crippen LogP contribution in [0.5, 0.6) is 0 Å². The zero-order chi connectivity index (χ0) is 14.9. The second kappa shape index (κ2) is 6.10. The zero-order valence-corrected chi connectivity index (χ0v) is 15.4. The molecule has 0 aliphatic rings. The maximum absolute atomic E-state index is 12.2. The monoisotopic (exact) mass is 454 g/mol. The van der Waals surface area contributed by atoms with E-state index in [0.717, 1.165) is 15.1 Å². The Morgan fingerprint density at radius 3 is 2.45 bits per heavy atom. The van der Waals surface area contributed by atoms with Crippen LogP contribution in [0.25, 0.3) is 0 Å². The summed E-state index contributed by atoms with van der Waals surface area (Å²) in [5.41, 5.74) is 6.61. The number of thiocarbonyl (C=S) groups is 1. The van der Waals surface area contributed by atoms with E-state index in [9.17, 15) is 8.42 Å². The van der Waals surface area contributed by atoms with Crippen LogP contribution >= 0.6 is 55.4 Å². The van der Waals surface area contributed by atoms with Gasteiger partial charge in [-0.25, -0.2) is 8.42 Å². The minimum Gasteiger partial charge on any atom is -0.389 e. The molecule has 0 amide bonds. The fraction of sp³-hybridized carbons (Fsp3) is 0. The molecule has 9 heteroatoms. The van der Waals surface area contributed by atoms with E-state index in [2.05, 4.69) is 36.6 Å². The molecule has 2 rings (SSSR count). The molecule has 4 nitrogen and oxygen atoms in total. The second-order valence-corrected chi connectivity index (χ2v) is 9.39. The van der Waals surface area contributed by atoms with Gasteiger partial charge < -0.3 is 5.73 Å². The summed E-state index contributed by atoms with van der Waals surface area (Å²) in [6.07, 6.45) is 0. The third-order valence-corrected chi connectivity index (χ3v) is 6.68. The Labute approximate surface area is 142 Å². The molecular formula is C11H8Br2N2O2S3. The molecule has 0 aliphatic heterocycles. The molecule has 3 N–H and O–H groups in total. The summed E-state index contributed by atoms with van der Waals surface area (Å²) in [6, 6.07) is 8.16. The molecule has 0 radical (unpaired) electrons. The van der Waals surface area contributed by atoms with E-state index in [1.54, 1.807) is 24.3 Å². The first-order chi connectivity index (χ1) is 9.29. The minimum absolute atomic E-state index is 0.231. The largest absolute Gasteiger partial charge is 0.389 e. The Morgan fingerprint density at radius 2 is 1.95 bits per heavy atom. The van der Waals surface area contributed by atoms with Crippen molar-refractivity contribution in [3.63, 3.8) is 0 Å². The highest BCUT2D eigenvalue weighted by molar-refractivity contribution is 9.11. The number of sulfonamides is 1. The zero-order valence-electron chi connectivity index (χ0n) is 9.76. The molecular weight excluding hydrogens is 448 g/mol. The first-order valence-electron chi connectivity index (χ1n) is 5.17. The fourth-order valence-corrected chi connectivity index (χ4v) is 5.21. The smallest absolute Gasteiger partial charge is 0.271 e. The van der Waals surface area contributed by atoms with Crippen molar-refractivity contribution in [3.05, 3.63) is 44.2 Å². The van der Waals surface area contributed by atoms with Gasteiger partial charge in [0.2, 0.25) is 0 Å². The maximum Gasteiger partial charge on any atom is 0.271 e. The Balaban J connectivity index is 2.32. The lowest BCUT2D eigenvalue weighted by molar-refractivity contribution is 0.603. The van der Waals surface area contributed by atoms with Crippen LogP contribution in [0, 0.1) is 0 Å². The van der Waals surface area contributed by atoms with E-state index < -0.39 is 10.0 Å². The van der Waals surface area contributed by atoms with Crippen LogP contribution in [0.1, 0.15) is 5.56 Å². The Bertz CT molecular complexity index is 772. The van der Waals surface area contributed by atoms with E-state index in [4.69, 9.17) is 18.0 Å². The van der Waals surface area contributed by atoms with Gasteiger partial charge in [-0.2, -0.15) is 0 Å². The van der Waals surface area contributed by atoms with Crippen molar-refractivity contribution in [1.82, 2.24) is 0 Å². The molecule has 1 aromatic heterocycles. The minimum atomic E-state index is -3.60. The SMILES string of the molecule is NC(=S)c1ccc(NS(=O)(=O)c2ccc(Br)s2)c(Br)c1. The molecule has 1 heterocycles. The van der Waals surface area contributed by atoms with Crippen molar-refractivity contribution in [2.75, 3.05) is 4.72 Å². The first kappa shape index (κ1) is 15.9. The molecule has 0 atom stereocenters. The number of hydrogen-bond acceptors (Lipinski definition) is 4. The predicted octanol–water partition coefficient (Wildman–Crippen LogP) is 3.71. The summed E-state index contributed by atoms with van der Waals surface area (Å²) in [4.78, 5) is 0.252. The molecule has 2 aromatic rings. The van der Waals surface area contributed by atoms with Crippen molar-refractivity contribution >= 4 is 76.1 Å². The van der Waals surface area contributed by atoms with Gasteiger partial charge in [-0.3, -0.25) is 4.72 Å². The highest BCUT2D eigenvalue weighted by Gasteiger charge is 2.18. The Morgan fingerprint density at radius 1 is 1.25 bits per heavy atom. The van der Waals surface area contributed by atoms with Crippen molar-refractivity contribution in [2.24, 2.45) is 5.73 Å². The van der Waals surface area contributed by atoms with E-state index >= 15 is 0 Å². The molecule has 0 fully saturated rings. The van der Waals surface area contributed by atoms with Crippen LogP contribution < -0.4 is 10.5 Å². The third-order valence-electron chi connectivity index (χ3n) is 2.31. The topological polar surface area (TPSA) is 72.2 Å². The Kier molecular flexibility index (Phi) is 4.85. The molecule has 106 valence electrons. The van der Waals surface area contributed by atoms with Gasteiger partial charge in [0, 0.05) is 10.0 Å². The molecule has 0 saturated carbocycles. The lowest BCUT2D eigenvalue weighted by Crippen LogP contribution is -2.13.